The summed E-state index contributed by atoms with van der Waals surface area (Å²) in [6.07, 6.45) is 0.245. The van der Waals surface area contributed by atoms with Gasteiger partial charge >= 0.3 is 5.97 Å². The van der Waals surface area contributed by atoms with Crippen LogP contribution >= 0.6 is 0 Å². The predicted octanol–water partition coefficient (Wildman–Crippen LogP) is 0.377. The lowest BCUT2D eigenvalue weighted by Gasteiger charge is -2.33. The number of carbonyl (C=O) groups is 2. The average Bonchev–Trinajstić information content (AvgIpc) is 2.61. The minimum Gasteiger partial charge on any atom is -0.491 e. The Kier molecular flexibility index (Phi) is 7.02. The SMILES string of the molecule is CCOC(=O)c1ccc(OCC(O)CN2CCN(C=O)CC2)cc1. The number of ether oxygens (including phenoxy) is 2. The number of benzene rings is 1. The number of aliphatic hydroxyl groups is 1. The van der Waals surface area contributed by atoms with Gasteiger partial charge in [-0.2, -0.15) is 0 Å². The standard InChI is InChI=1S/C17H24N2O5/c1-2-23-17(22)14-3-5-16(6-4-14)24-12-15(21)11-18-7-9-19(13-20)10-8-18/h3-6,13,15,21H,2,7-12H2,1H3. The van der Waals surface area contributed by atoms with Crippen LogP contribution in [0.25, 0.3) is 0 Å². The summed E-state index contributed by atoms with van der Waals surface area (Å²) in [4.78, 5) is 26.0. The maximum Gasteiger partial charge on any atom is 0.338 e. The zero-order chi connectivity index (χ0) is 17.4. The lowest BCUT2D eigenvalue weighted by Crippen LogP contribution is -2.48. The van der Waals surface area contributed by atoms with Crippen LogP contribution in [0.15, 0.2) is 24.3 Å². The van der Waals surface area contributed by atoms with Crippen LogP contribution in [0.1, 0.15) is 17.3 Å². The highest BCUT2D eigenvalue weighted by molar-refractivity contribution is 5.89. The van der Waals surface area contributed by atoms with Gasteiger partial charge in [-0.25, -0.2) is 4.79 Å². The molecule has 1 amide bonds. The highest BCUT2D eigenvalue weighted by Crippen LogP contribution is 2.13. The number of β-amino-alcohol motifs (C(OH)–C–C–N with tert-alkyl or cyclic N) is 1. The molecule has 7 heteroatoms. The topological polar surface area (TPSA) is 79.3 Å². The van der Waals surface area contributed by atoms with Gasteiger partial charge in [0.1, 0.15) is 18.5 Å². The van der Waals surface area contributed by atoms with Gasteiger partial charge < -0.3 is 19.5 Å². The van der Waals surface area contributed by atoms with Crippen LogP contribution in [-0.4, -0.2) is 79.3 Å². The lowest BCUT2D eigenvalue weighted by atomic mass is 10.2. The van der Waals surface area contributed by atoms with E-state index in [2.05, 4.69) is 4.90 Å². The van der Waals surface area contributed by atoms with E-state index in [1.54, 1.807) is 36.1 Å². The van der Waals surface area contributed by atoms with Crippen molar-refractivity contribution < 1.29 is 24.2 Å². The molecule has 24 heavy (non-hydrogen) atoms. The molecule has 0 radical (unpaired) electrons. The number of hydrogen-bond donors (Lipinski definition) is 1. The summed E-state index contributed by atoms with van der Waals surface area (Å²) in [7, 11) is 0. The van der Waals surface area contributed by atoms with Crippen molar-refractivity contribution in [3.8, 4) is 5.75 Å². The zero-order valence-electron chi connectivity index (χ0n) is 13.9. The molecule has 0 aromatic heterocycles. The van der Waals surface area contributed by atoms with E-state index < -0.39 is 6.10 Å². The van der Waals surface area contributed by atoms with Gasteiger partial charge in [0.2, 0.25) is 6.41 Å². The number of carbonyl (C=O) groups excluding carboxylic acids is 2. The van der Waals surface area contributed by atoms with Crippen molar-refractivity contribution in [1.29, 1.82) is 0 Å². The molecule has 7 nitrogen and oxygen atoms in total. The molecule has 1 atom stereocenters. The van der Waals surface area contributed by atoms with Crippen LogP contribution < -0.4 is 4.74 Å². The molecule has 1 aromatic rings. The number of aliphatic hydroxyl groups excluding tert-OH is 1. The first kappa shape index (κ1) is 18.2. The number of esters is 1. The van der Waals surface area contributed by atoms with Gasteiger partial charge in [0, 0.05) is 32.7 Å². The quantitative estimate of drug-likeness (QED) is 0.546. The number of rotatable bonds is 8. The third kappa shape index (κ3) is 5.50. The van der Waals surface area contributed by atoms with Crippen molar-refractivity contribution in [2.75, 3.05) is 45.9 Å². The first-order valence-electron chi connectivity index (χ1n) is 8.12. The number of piperazine rings is 1. The van der Waals surface area contributed by atoms with Gasteiger partial charge in [-0.1, -0.05) is 0 Å². The van der Waals surface area contributed by atoms with E-state index in [-0.39, 0.29) is 12.6 Å². The Bertz CT molecular complexity index is 526. The molecule has 1 aliphatic rings. The molecule has 0 spiro atoms. The van der Waals surface area contributed by atoms with Crippen LogP contribution in [0.2, 0.25) is 0 Å². The Morgan fingerprint density at radius 1 is 1.25 bits per heavy atom. The van der Waals surface area contributed by atoms with E-state index in [1.165, 1.54) is 0 Å². The summed E-state index contributed by atoms with van der Waals surface area (Å²) >= 11 is 0. The Morgan fingerprint density at radius 3 is 2.50 bits per heavy atom. The maximum absolute atomic E-state index is 11.6. The lowest BCUT2D eigenvalue weighted by molar-refractivity contribution is -0.119. The van der Waals surface area contributed by atoms with E-state index in [9.17, 15) is 14.7 Å². The third-order valence-corrected chi connectivity index (χ3v) is 3.83. The molecule has 1 aliphatic heterocycles. The Hall–Kier alpha value is -2.12. The van der Waals surface area contributed by atoms with E-state index >= 15 is 0 Å². The van der Waals surface area contributed by atoms with Crippen LogP contribution in [0, 0.1) is 0 Å². The summed E-state index contributed by atoms with van der Waals surface area (Å²) in [6.45, 7) is 5.66. The molecular weight excluding hydrogens is 312 g/mol. The highest BCUT2D eigenvalue weighted by atomic mass is 16.5. The first-order valence-corrected chi connectivity index (χ1v) is 8.12. The van der Waals surface area contributed by atoms with Crippen LogP contribution in [0.5, 0.6) is 5.75 Å². The molecule has 0 bridgehead atoms. The van der Waals surface area contributed by atoms with Gasteiger partial charge in [0.05, 0.1) is 12.2 Å². The fraction of sp³-hybridized carbons (Fsp3) is 0.529. The molecule has 1 aromatic carbocycles. The summed E-state index contributed by atoms with van der Waals surface area (Å²) in [5.74, 6) is 0.228. The molecule has 0 saturated carbocycles. The number of hydrogen-bond acceptors (Lipinski definition) is 6. The molecule has 1 heterocycles. The van der Waals surface area contributed by atoms with Crippen molar-refractivity contribution in [2.24, 2.45) is 0 Å². The van der Waals surface area contributed by atoms with Gasteiger partial charge in [0.15, 0.2) is 0 Å². The van der Waals surface area contributed by atoms with Crippen molar-refractivity contribution in [1.82, 2.24) is 9.80 Å². The second kappa shape index (κ2) is 9.24. The van der Waals surface area contributed by atoms with Gasteiger partial charge in [-0.05, 0) is 31.2 Å². The first-order chi connectivity index (χ1) is 11.6. The van der Waals surface area contributed by atoms with Gasteiger partial charge in [-0.3, -0.25) is 9.69 Å². The molecular formula is C17H24N2O5. The molecule has 1 unspecified atom stereocenters. The van der Waals surface area contributed by atoms with Crippen LogP contribution in [-0.2, 0) is 9.53 Å². The second-order valence-corrected chi connectivity index (χ2v) is 5.65. The van der Waals surface area contributed by atoms with E-state index in [0.29, 0.717) is 37.6 Å². The predicted molar refractivity (Wildman–Crippen MR) is 88.0 cm³/mol. The Morgan fingerprint density at radius 2 is 1.92 bits per heavy atom. The Labute approximate surface area is 141 Å². The monoisotopic (exact) mass is 336 g/mol. The highest BCUT2D eigenvalue weighted by Gasteiger charge is 2.18. The van der Waals surface area contributed by atoms with Crippen molar-refractivity contribution >= 4 is 12.4 Å². The van der Waals surface area contributed by atoms with Crippen LogP contribution in [0.4, 0.5) is 0 Å². The molecule has 0 aliphatic carbocycles. The molecule has 1 fully saturated rings. The third-order valence-electron chi connectivity index (χ3n) is 3.83. The fourth-order valence-corrected chi connectivity index (χ4v) is 2.50. The van der Waals surface area contributed by atoms with Crippen molar-refractivity contribution in [3.63, 3.8) is 0 Å². The molecule has 2 rings (SSSR count). The molecule has 132 valence electrons. The largest absolute Gasteiger partial charge is 0.491 e. The van der Waals surface area contributed by atoms with E-state index in [1.807, 2.05) is 0 Å². The second-order valence-electron chi connectivity index (χ2n) is 5.65. The maximum atomic E-state index is 11.6. The van der Waals surface area contributed by atoms with Gasteiger partial charge in [0.25, 0.3) is 0 Å². The fourth-order valence-electron chi connectivity index (χ4n) is 2.50. The van der Waals surface area contributed by atoms with E-state index in [0.717, 1.165) is 19.5 Å². The summed E-state index contributed by atoms with van der Waals surface area (Å²) < 4.78 is 10.5. The summed E-state index contributed by atoms with van der Waals surface area (Å²) in [5, 5.41) is 10.1. The number of amides is 1. The minimum atomic E-state index is -0.613. The van der Waals surface area contributed by atoms with Crippen LogP contribution in [0.3, 0.4) is 0 Å². The van der Waals surface area contributed by atoms with Crippen molar-refractivity contribution in [3.05, 3.63) is 29.8 Å². The van der Waals surface area contributed by atoms with E-state index in [4.69, 9.17) is 9.47 Å². The molecule has 1 N–H and O–H groups in total. The summed E-state index contributed by atoms with van der Waals surface area (Å²) in [5.41, 5.74) is 0.470. The molecule has 1 saturated heterocycles. The average molecular weight is 336 g/mol. The smallest absolute Gasteiger partial charge is 0.338 e. The Balaban J connectivity index is 1.72. The summed E-state index contributed by atoms with van der Waals surface area (Å²) in [6, 6.07) is 6.64. The normalized spacial score (nSPS) is 16.5. The number of nitrogens with zero attached hydrogens (tertiary/aromatic N) is 2. The zero-order valence-corrected chi connectivity index (χ0v) is 13.9. The minimum absolute atomic E-state index is 0.173. The van der Waals surface area contributed by atoms with Crippen molar-refractivity contribution in [2.45, 2.75) is 13.0 Å². The van der Waals surface area contributed by atoms with Gasteiger partial charge in [-0.15, -0.1) is 0 Å².